The van der Waals surface area contributed by atoms with Crippen LogP contribution in [-0.4, -0.2) is 31.1 Å². The molecule has 1 saturated heterocycles. The quantitative estimate of drug-likeness (QED) is 0.873. The minimum absolute atomic E-state index is 0.283. The smallest absolute Gasteiger partial charge is 0.147 e. The second-order valence-electron chi connectivity index (χ2n) is 4.10. The minimum Gasteiger partial charge on any atom is -0.381 e. The van der Waals surface area contributed by atoms with E-state index in [1.54, 1.807) is 12.1 Å². The Morgan fingerprint density at radius 1 is 1.31 bits per heavy atom. The van der Waals surface area contributed by atoms with Crippen molar-refractivity contribution in [2.24, 2.45) is 0 Å². The SMILES string of the molecule is Fc1cc(Cl)ccc1NCCN1CCCC1. The van der Waals surface area contributed by atoms with Crippen LogP contribution in [0.4, 0.5) is 10.1 Å². The molecule has 0 aliphatic carbocycles. The van der Waals surface area contributed by atoms with Crippen LogP contribution in [0, 0.1) is 5.82 Å². The van der Waals surface area contributed by atoms with Crippen molar-refractivity contribution in [3.63, 3.8) is 0 Å². The highest BCUT2D eigenvalue weighted by atomic mass is 35.5. The van der Waals surface area contributed by atoms with Gasteiger partial charge >= 0.3 is 0 Å². The first-order chi connectivity index (χ1) is 7.75. The van der Waals surface area contributed by atoms with Crippen LogP contribution in [-0.2, 0) is 0 Å². The summed E-state index contributed by atoms with van der Waals surface area (Å²) in [5.74, 6) is -0.283. The fraction of sp³-hybridized carbons (Fsp3) is 0.500. The molecule has 0 unspecified atom stereocenters. The molecule has 1 aliphatic rings. The molecule has 16 heavy (non-hydrogen) atoms. The Bertz CT molecular complexity index is 351. The van der Waals surface area contributed by atoms with E-state index in [0.29, 0.717) is 10.7 Å². The van der Waals surface area contributed by atoms with Gasteiger partial charge in [-0.2, -0.15) is 0 Å². The second kappa shape index (κ2) is 5.51. The van der Waals surface area contributed by atoms with Crippen LogP contribution < -0.4 is 5.32 Å². The third kappa shape index (κ3) is 3.09. The van der Waals surface area contributed by atoms with Crippen LogP contribution in [0.2, 0.25) is 5.02 Å². The average Bonchev–Trinajstić information content (AvgIpc) is 2.74. The molecule has 1 aliphatic heterocycles. The number of hydrogen-bond acceptors (Lipinski definition) is 2. The monoisotopic (exact) mass is 242 g/mol. The summed E-state index contributed by atoms with van der Waals surface area (Å²) in [6.45, 7) is 4.09. The van der Waals surface area contributed by atoms with Gasteiger partial charge in [0.2, 0.25) is 0 Å². The molecule has 1 fully saturated rings. The first-order valence-corrected chi connectivity index (χ1v) is 6.05. The van der Waals surface area contributed by atoms with Gasteiger partial charge in [0.25, 0.3) is 0 Å². The van der Waals surface area contributed by atoms with Gasteiger partial charge in [0.1, 0.15) is 5.82 Å². The van der Waals surface area contributed by atoms with Crippen molar-refractivity contribution in [2.75, 3.05) is 31.5 Å². The number of halogens is 2. The van der Waals surface area contributed by atoms with E-state index in [2.05, 4.69) is 10.2 Å². The maximum Gasteiger partial charge on any atom is 0.147 e. The third-order valence-corrected chi connectivity index (χ3v) is 3.11. The van der Waals surface area contributed by atoms with Crippen molar-refractivity contribution >= 4 is 17.3 Å². The number of benzene rings is 1. The first kappa shape index (κ1) is 11.7. The fourth-order valence-electron chi connectivity index (χ4n) is 1.99. The first-order valence-electron chi connectivity index (χ1n) is 5.67. The summed E-state index contributed by atoms with van der Waals surface area (Å²) < 4.78 is 13.4. The van der Waals surface area contributed by atoms with Gasteiger partial charge < -0.3 is 10.2 Å². The molecule has 88 valence electrons. The number of hydrogen-bond donors (Lipinski definition) is 1. The van der Waals surface area contributed by atoms with Crippen molar-refractivity contribution in [1.82, 2.24) is 4.90 Å². The number of rotatable bonds is 4. The van der Waals surface area contributed by atoms with Crippen LogP contribution in [0.15, 0.2) is 18.2 Å². The summed E-state index contributed by atoms with van der Waals surface area (Å²) in [4.78, 5) is 2.39. The normalized spacial score (nSPS) is 16.6. The van der Waals surface area contributed by atoms with Gasteiger partial charge in [-0.3, -0.25) is 0 Å². The molecule has 1 N–H and O–H groups in total. The van der Waals surface area contributed by atoms with Crippen LogP contribution in [0.25, 0.3) is 0 Å². The molecule has 0 radical (unpaired) electrons. The highest BCUT2D eigenvalue weighted by Crippen LogP contribution is 2.18. The Morgan fingerprint density at radius 2 is 2.06 bits per heavy atom. The summed E-state index contributed by atoms with van der Waals surface area (Å²) in [6.07, 6.45) is 2.57. The van der Waals surface area contributed by atoms with Crippen molar-refractivity contribution in [1.29, 1.82) is 0 Å². The Hall–Kier alpha value is -0.800. The molecule has 2 nitrogen and oxygen atoms in total. The third-order valence-electron chi connectivity index (χ3n) is 2.87. The fourth-order valence-corrected chi connectivity index (χ4v) is 2.15. The second-order valence-corrected chi connectivity index (χ2v) is 4.54. The summed E-state index contributed by atoms with van der Waals surface area (Å²) in [5.41, 5.74) is 0.531. The average molecular weight is 243 g/mol. The van der Waals surface area contributed by atoms with Crippen LogP contribution in [0.5, 0.6) is 0 Å². The number of likely N-dealkylation sites (tertiary alicyclic amines) is 1. The van der Waals surface area contributed by atoms with Gasteiger partial charge in [-0.05, 0) is 44.1 Å². The lowest BCUT2D eigenvalue weighted by Gasteiger charge is -2.15. The van der Waals surface area contributed by atoms with Gasteiger partial charge in [-0.25, -0.2) is 4.39 Å². The van der Waals surface area contributed by atoms with Crippen molar-refractivity contribution in [3.05, 3.63) is 29.0 Å². The lowest BCUT2D eigenvalue weighted by molar-refractivity contribution is 0.352. The number of anilines is 1. The van der Waals surface area contributed by atoms with E-state index < -0.39 is 0 Å². The van der Waals surface area contributed by atoms with Crippen molar-refractivity contribution in [2.45, 2.75) is 12.8 Å². The van der Waals surface area contributed by atoms with E-state index in [-0.39, 0.29) is 5.82 Å². The number of nitrogens with one attached hydrogen (secondary N) is 1. The van der Waals surface area contributed by atoms with E-state index in [1.165, 1.54) is 32.0 Å². The van der Waals surface area contributed by atoms with E-state index in [4.69, 9.17) is 11.6 Å². The lowest BCUT2D eigenvalue weighted by atomic mass is 10.3. The molecule has 0 atom stereocenters. The van der Waals surface area contributed by atoms with Gasteiger partial charge in [-0.1, -0.05) is 11.6 Å². The van der Waals surface area contributed by atoms with Gasteiger partial charge in [0.05, 0.1) is 5.69 Å². The van der Waals surface area contributed by atoms with Crippen LogP contribution in [0.3, 0.4) is 0 Å². The molecule has 4 heteroatoms. The van der Waals surface area contributed by atoms with E-state index in [9.17, 15) is 4.39 Å². The largest absolute Gasteiger partial charge is 0.381 e. The Kier molecular flexibility index (Phi) is 4.02. The van der Waals surface area contributed by atoms with Crippen LogP contribution in [0.1, 0.15) is 12.8 Å². The molecule has 2 rings (SSSR count). The Labute approximate surface area is 100 Å². The van der Waals surface area contributed by atoms with Crippen molar-refractivity contribution < 1.29 is 4.39 Å². The molecule has 0 bridgehead atoms. The topological polar surface area (TPSA) is 15.3 Å². The Balaban J connectivity index is 1.80. The summed E-state index contributed by atoms with van der Waals surface area (Å²) >= 11 is 5.68. The zero-order valence-corrected chi connectivity index (χ0v) is 9.93. The van der Waals surface area contributed by atoms with E-state index >= 15 is 0 Å². The summed E-state index contributed by atoms with van der Waals surface area (Å²) in [7, 11) is 0. The lowest BCUT2D eigenvalue weighted by Crippen LogP contribution is -2.26. The zero-order chi connectivity index (χ0) is 11.4. The van der Waals surface area contributed by atoms with E-state index in [0.717, 1.165) is 13.1 Å². The molecule has 1 aromatic rings. The molecule has 1 heterocycles. The highest BCUT2D eigenvalue weighted by molar-refractivity contribution is 6.30. The molecular weight excluding hydrogens is 227 g/mol. The maximum absolute atomic E-state index is 13.4. The Morgan fingerprint density at radius 3 is 2.75 bits per heavy atom. The minimum atomic E-state index is -0.283. The maximum atomic E-state index is 13.4. The summed E-state index contributed by atoms with van der Waals surface area (Å²) in [6, 6.07) is 4.71. The van der Waals surface area contributed by atoms with Gasteiger partial charge in [0, 0.05) is 18.1 Å². The van der Waals surface area contributed by atoms with Crippen molar-refractivity contribution in [3.8, 4) is 0 Å². The molecule has 0 spiro atoms. The van der Waals surface area contributed by atoms with E-state index in [1.807, 2.05) is 0 Å². The molecule has 0 amide bonds. The molecule has 0 aromatic heterocycles. The predicted octanol–water partition coefficient (Wildman–Crippen LogP) is 2.99. The zero-order valence-electron chi connectivity index (χ0n) is 9.18. The molecule has 0 saturated carbocycles. The predicted molar refractivity (Wildman–Crippen MR) is 65.6 cm³/mol. The number of nitrogens with zero attached hydrogens (tertiary/aromatic N) is 1. The molecular formula is C12H16ClFN2. The standard InChI is InChI=1S/C12H16ClFN2/c13-10-3-4-12(11(14)9-10)15-5-8-16-6-1-2-7-16/h3-4,9,15H,1-2,5-8H2. The van der Waals surface area contributed by atoms with Gasteiger partial charge in [-0.15, -0.1) is 0 Å². The highest BCUT2D eigenvalue weighted by Gasteiger charge is 2.10. The summed E-state index contributed by atoms with van der Waals surface area (Å²) in [5, 5.41) is 3.52. The van der Waals surface area contributed by atoms with Gasteiger partial charge in [0.15, 0.2) is 0 Å². The molecule has 1 aromatic carbocycles. The van der Waals surface area contributed by atoms with Crippen LogP contribution >= 0.6 is 11.6 Å².